The van der Waals surface area contributed by atoms with Crippen LogP contribution in [-0.2, 0) is 9.84 Å². The lowest BCUT2D eigenvalue weighted by atomic mass is 9.88. The minimum atomic E-state index is -3.02. The average molecular weight is 172 g/mol. The van der Waals surface area contributed by atoms with Gasteiger partial charge in [0, 0.05) is 10.8 Å². The van der Waals surface area contributed by atoms with E-state index in [2.05, 4.69) is 0 Å². The summed E-state index contributed by atoms with van der Waals surface area (Å²) in [4.78, 5) is 0. The number of allylic oxidation sites excluding steroid dienone is 2. The summed E-state index contributed by atoms with van der Waals surface area (Å²) in [6, 6.07) is 0. The topological polar surface area (TPSA) is 34.1 Å². The highest BCUT2D eigenvalue weighted by Gasteiger charge is 2.21. The molecule has 0 radical (unpaired) electrons. The molecular weight excluding hydrogens is 160 g/mol. The van der Waals surface area contributed by atoms with Crippen LogP contribution in [0.15, 0.2) is 22.5 Å². The second-order valence-electron chi connectivity index (χ2n) is 3.71. The Bertz CT molecular complexity index is 312. The standard InChI is InChI=1S/C8H12O2S/c1-8(2,3)7-4-5-11(9,10)6-7/h4-6H,1-3H3. The fourth-order valence-corrected chi connectivity index (χ4v) is 2.05. The van der Waals surface area contributed by atoms with Crippen LogP contribution in [0.2, 0.25) is 0 Å². The molecule has 0 bridgehead atoms. The van der Waals surface area contributed by atoms with Gasteiger partial charge in [0.05, 0.1) is 0 Å². The van der Waals surface area contributed by atoms with Gasteiger partial charge < -0.3 is 0 Å². The highest BCUT2D eigenvalue weighted by atomic mass is 32.2. The Labute approximate surface area is 67.5 Å². The summed E-state index contributed by atoms with van der Waals surface area (Å²) in [5.74, 6) is 0. The summed E-state index contributed by atoms with van der Waals surface area (Å²) in [6.45, 7) is 5.97. The van der Waals surface area contributed by atoms with E-state index < -0.39 is 9.84 Å². The predicted octanol–water partition coefficient (Wildman–Crippen LogP) is 1.86. The maximum atomic E-state index is 10.9. The first-order valence-electron chi connectivity index (χ1n) is 3.47. The van der Waals surface area contributed by atoms with Crippen molar-refractivity contribution in [2.24, 2.45) is 5.41 Å². The highest BCUT2D eigenvalue weighted by Crippen LogP contribution is 2.30. The monoisotopic (exact) mass is 172 g/mol. The predicted molar refractivity (Wildman–Crippen MR) is 45.6 cm³/mol. The molecule has 0 aromatic rings. The lowest BCUT2D eigenvalue weighted by molar-refractivity contribution is 0.518. The van der Waals surface area contributed by atoms with Gasteiger partial charge in [-0.25, -0.2) is 8.42 Å². The third kappa shape index (κ3) is 1.93. The SMILES string of the molecule is CC(C)(C)C1=CS(=O)(=O)C=C1. The van der Waals surface area contributed by atoms with Crippen molar-refractivity contribution >= 4 is 9.84 Å². The van der Waals surface area contributed by atoms with Crippen molar-refractivity contribution in [3.63, 3.8) is 0 Å². The Morgan fingerprint density at radius 3 is 2.00 bits per heavy atom. The molecule has 11 heavy (non-hydrogen) atoms. The minimum absolute atomic E-state index is 0.0694. The Morgan fingerprint density at radius 2 is 1.82 bits per heavy atom. The van der Waals surface area contributed by atoms with Crippen LogP contribution in [0.5, 0.6) is 0 Å². The Balaban J connectivity index is 3.09. The molecule has 3 heteroatoms. The molecule has 0 fully saturated rings. The molecular formula is C8H12O2S. The van der Waals surface area contributed by atoms with Crippen LogP contribution >= 0.6 is 0 Å². The molecule has 1 rings (SSSR count). The first-order chi connectivity index (χ1) is 4.81. The maximum Gasteiger partial charge on any atom is 0.193 e. The molecule has 0 N–H and O–H groups in total. The molecule has 0 unspecified atom stereocenters. The van der Waals surface area contributed by atoms with E-state index in [4.69, 9.17) is 0 Å². The first-order valence-corrected chi connectivity index (χ1v) is 5.07. The van der Waals surface area contributed by atoms with Crippen LogP contribution in [0.3, 0.4) is 0 Å². The van der Waals surface area contributed by atoms with Crippen LogP contribution < -0.4 is 0 Å². The molecule has 0 amide bonds. The Hall–Kier alpha value is -0.570. The maximum absolute atomic E-state index is 10.9. The fourth-order valence-electron chi connectivity index (χ4n) is 0.850. The second kappa shape index (κ2) is 2.21. The summed E-state index contributed by atoms with van der Waals surface area (Å²) in [5, 5.41) is 2.57. The van der Waals surface area contributed by atoms with Crippen molar-refractivity contribution in [1.82, 2.24) is 0 Å². The molecule has 0 aromatic heterocycles. The van der Waals surface area contributed by atoms with Gasteiger partial charge in [-0.1, -0.05) is 20.8 Å². The van der Waals surface area contributed by atoms with Crippen LogP contribution in [0.1, 0.15) is 20.8 Å². The van der Waals surface area contributed by atoms with Crippen molar-refractivity contribution in [3.8, 4) is 0 Å². The second-order valence-corrected chi connectivity index (χ2v) is 5.40. The zero-order valence-corrected chi connectivity index (χ0v) is 7.77. The van der Waals surface area contributed by atoms with Crippen LogP contribution in [0.4, 0.5) is 0 Å². The zero-order chi connectivity index (χ0) is 8.70. The van der Waals surface area contributed by atoms with Crippen LogP contribution in [0.25, 0.3) is 0 Å². The molecule has 62 valence electrons. The summed E-state index contributed by atoms with van der Waals surface area (Å²) in [6.07, 6.45) is 1.66. The number of sulfone groups is 1. The van der Waals surface area contributed by atoms with Gasteiger partial charge in [-0.2, -0.15) is 0 Å². The molecule has 0 saturated heterocycles. The van der Waals surface area contributed by atoms with Crippen molar-refractivity contribution in [1.29, 1.82) is 0 Å². The lowest BCUT2D eigenvalue weighted by Crippen LogP contribution is -2.06. The van der Waals surface area contributed by atoms with E-state index in [0.29, 0.717) is 0 Å². The molecule has 1 heterocycles. The quantitative estimate of drug-likeness (QED) is 0.559. The van der Waals surface area contributed by atoms with Crippen LogP contribution in [-0.4, -0.2) is 8.42 Å². The van der Waals surface area contributed by atoms with E-state index in [1.54, 1.807) is 6.08 Å². The molecule has 2 nitrogen and oxygen atoms in total. The van der Waals surface area contributed by atoms with E-state index in [9.17, 15) is 8.42 Å². The van der Waals surface area contributed by atoms with E-state index >= 15 is 0 Å². The molecule has 1 aliphatic heterocycles. The molecule has 0 saturated carbocycles. The van der Waals surface area contributed by atoms with E-state index in [0.717, 1.165) is 5.57 Å². The van der Waals surface area contributed by atoms with Gasteiger partial charge in [-0.05, 0) is 17.1 Å². The Morgan fingerprint density at radius 1 is 1.27 bits per heavy atom. The first kappa shape index (κ1) is 8.53. The Kier molecular flexibility index (Phi) is 1.71. The van der Waals surface area contributed by atoms with Gasteiger partial charge in [-0.3, -0.25) is 0 Å². The summed E-state index contributed by atoms with van der Waals surface area (Å²) in [7, 11) is -3.02. The van der Waals surface area contributed by atoms with Crippen LogP contribution in [0, 0.1) is 5.41 Å². The fraction of sp³-hybridized carbons (Fsp3) is 0.500. The van der Waals surface area contributed by atoms with Gasteiger partial charge in [0.1, 0.15) is 0 Å². The summed E-state index contributed by atoms with van der Waals surface area (Å²) in [5.41, 5.74) is 0.803. The highest BCUT2D eigenvalue weighted by molar-refractivity contribution is 7.97. The average Bonchev–Trinajstić information content (AvgIpc) is 2.07. The number of hydrogen-bond donors (Lipinski definition) is 0. The minimum Gasteiger partial charge on any atom is -0.220 e. The number of hydrogen-bond acceptors (Lipinski definition) is 2. The normalized spacial score (nSPS) is 21.9. The van der Waals surface area contributed by atoms with Gasteiger partial charge in [0.2, 0.25) is 0 Å². The van der Waals surface area contributed by atoms with E-state index in [1.807, 2.05) is 20.8 Å². The van der Waals surface area contributed by atoms with E-state index in [-0.39, 0.29) is 5.41 Å². The molecule has 0 aromatic carbocycles. The van der Waals surface area contributed by atoms with Crippen molar-refractivity contribution < 1.29 is 8.42 Å². The van der Waals surface area contributed by atoms with Gasteiger partial charge in [-0.15, -0.1) is 0 Å². The smallest absolute Gasteiger partial charge is 0.193 e. The molecule has 1 aliphatic rings. The summed E-state index contributed by atoms with van der Waals surface area (Å²) >= 11 is 0. The van der Waals surface area contributed by atoms with E-state index in [1.165, 1.54) is 10.8 Å². The van der Waals surface area contributed by atoms with Crippen molar-refractivity contribution in [2.45, 2.75) is 20.8 Å². The zero-order valence-electron chi connectivity index (χ0n) is 6.96. The molecule has 0 atom stereocenters. The van der Waals surface area contributed by atoms with Gasteiger partial charge in [0.15, 0.2) is 9.84 Å². The molecule has 0 spiro atoms. The van der Waals surface area contributed by atoms with Gasteiger partial charge in [0.25, 0.3) is 0 Å². The third-order valence-electron chi connectivity index (χ3n) is 1.59. The lowest BCUT2D eigenvalue weighted by Gasteiger charge is -2.17. The van der Waals surface area contributed by atoms with Gasteiger partial charge >= 0.3 is 0 Å². The number of rotatable bonds is 0. The largest absolute Gasteiger partial charge is 0.220 e. The van der Waals surface area contributed by atoms with Crippen molar-refractivity contribution in [2.75, 3.05) is 0 Å². The van der Waals surface area contributed by atoms with Crippen molar-refractivity contribution in [3.05, 3.63) is 22.5 Å². The third-order valence-corrected chi connectivity index (χ3v) is 2.69. The molecule has 0 aliphatic carbocycles. The summed E-state index contributed by atoms with van der Waals surface area (Å²) < 4.78 is 21.8.